The second-order valence-electron chi connectivity index (χ2n) is 3.49. The molecule has 3 nitrogen and oxygen atoms in total. The highest BCUT2D eigenvalue weighted by Gasteiger charge is 2.17. The number of hydrogen-bond donors (Lipinski definition) is 0. The number of pyridine rings is 1. The molecule has 1 aliphatic rings. The molecule has 0 bridgehead atoms. The minimum Gasteiger partial charge on any atom is -0.454 e. The van der Waals surface area contributed by atoms with Crippen LogP contribution in [0.1, 0.15) is 25.0 Å². The Morgan fingerprint density at radius 2 is 2.40 bits per heavy atom. The fourth-order valence-corrected chi connectivity index (χ4v) is 1.78. The molecule has 0 radical (unpaired) electrons. The number of hydrogen-bond acceptors (Lipinski definition) is 3. The maximum Gasteiger partial charge on any atom is 0.176 e. The predicted octanol–water partition coefficient (Wildman–Crippen LogP) is 2.52. The zero-order valence-electron chi connectivity index (χ0n) is 8.76. The molecular formula is C12H14N2O. The molecular weight excluding hydrogens is 188 g/mol. The fraction of sp³-hybridized carbons (Fsp3) is 0.333. The molecule has 1 aliphatic heterocycles. The molecule has 78 valence electrons. The van der Waals surface area contributed by atoms with E-state index in [4.69, 9.17) is 4.74 Å². The molecule has 3 heteroatoms. The van der Waals surface area contributed by atoms with Crippen molar-refractivity contribution in [2.75, 3.05) is 6.54 Å². The van der Waals surface area contributed by atoms with Crippen molar-refractivity contribution < 1.29 is 4.74 Å². The van der Waals surface area contributed by atoms with Gasteiger partial charge in [-0.1, -0.05) is 13.0 Å². The summed E-state index contributed by atoms with van der Waals surface area (Å²) in [7, 11) is 0. The number of nitrogens with zero attached hydrogens (tertiary/aromatic N) is 2. The van der Waals surface area contributed by atoms with Crippen molar-refractivity contribution in [2.45, 2.75) is 19.3 Å². The number of aliphatic imine (C=N–C) groups is 1. The molecule has 15 heavy (non-hydrogen) atoms. The van der Waals surface area contributed by atoms with Crippen LogP contribution >= 0.6 is 0 Å². The molecule has 1 aromatic rings. The molecule has 0 aliphatic carbocycles. The first-order valence-corrected chi connectivity index (χ1v) is 5.15. The van der Waals surface area contributed by atoms with Crippen LogP contribution in [0.5, 0.6) is 0 Å². The molecule has 0 N–H and O–H groups in total. The lowest BCUT2D eigenvalue weighted by molar-refractivity contribution is 0.463. The van der Waals surface area contributed by atoms with Crippen LogP contribution in [0.3, 0.4) is 0 Å². The molecule has 1 aromatic heterocycles. The number of aromatic nitrogens is 1. The summed E-state index contributed by atoms with van der Waals surface area (Å²) >= 11 is 0. The van der Waals surface area contributed by atoms with Crippen molar-refractivity contribution in [2.24, 2.45) is 4.99 Å². The van der Waals surface area contributed by atoms with Crippen LogP contribution in [0, 0.1) is 0 Å². The zero-order chi connectivity index (χ0) is 10.5. The topological polar surface area (TPSA) is 34.5 Å². The van der Waals surface area contributed by atoms with E-state index < -0.39 is 0 Å². The molecule has 0 amide bonds. The third-order valence-corrected chi connectivity index (χ3v) is 2.53. The smallest absolute Gasteiger partial charge is 0.176 e. The lowest BCUT2D eigenvalue weighted by Gasteiger charge is -2.18. The monoisotopic (exact) mass is 202 g/mol. The largest absolute Gasteiger partial charge is 0.454 e. The molecule has 0 spiro atoms. The Morgan fingerprint density at radius 1 is 1.47 bits per heavy atom. The number of rotatable bonds is 3. The van der Waals surface area contributed by atoms with E-state index in [-0.39, 0.29) is 0 Å². The van der Waals surface area contributed by atoms with Gasteiger partial charge >= 0.3 is 0 Å². The lowest BCUT2D eigenvalue weighted by atomic mass is 9.93. The third-order valence-electron chi connectivity index (χ3n) is 2.53. The second-order valence-corrected chi connectivity index (χ2v) is 3.49. The summed E-state index contributed by atoms with van der Waals surface area (Å²) in [6.07, 6.45) is 6.11. The summed E-state index contributed by atoms with van der Waals surface area (Å²) in [6.45, 7) is 2.87. The predicted molar refractivity (Wildman–Crippen MR) is 59.8 cm³/mol. The highest BCUT2D eigenvalue weighted by molar-refractivity contribution is 5.50. The summed E-state index contributed by atoms with van der Waals surface area (Å²) in [5.41, 5.74) is 2.28. The van der Waals surface area contributed by atoms with Crippen molar-refractivity contribution >= 4 is 6.40 Å². The van der Waals surface area contributed by atoms with Gasteiger partial charge in [0.15, 0.2) is 6.40 Å². The summed E-state index contributed by atoms with van der Waals surface area (Å²) in [6, 6.07) is 5.99. The first-order chi connectivity index (χ1) is 7.42. The molecule has 2 rings (SSSR count). The van der Waals surface area contributed by atoms with E-state index in [1.54, 1.807) is 6.26 Å². The molecule has 0 fully saturated rings. The maximum atomic E-state index is 5.10. The maximum absolute atomic E-state index is 5.10. The van der Waals surface area contributed by atoms with Crippen molar-refractivity contribution in [3.05, 3.63) is 41.9 Å². The van der Waals surface area contributed by atoms with Crippen LogP contribution < -0.4 is 0 Å². The highest BCUT2D eigenvalue weighted by Crippen LogP contribution is 2.27. The van der Waals surface area contributed by atoms with E-state index in [1.165, 1.54) is 12.0 Å². The Balaban J connectivity index is 2.21. The molecule has 0 saturated heterocycles. The lowest BCUT2D eigenvalue weighted by Crippen LogP contribution is -2.09. The van der Waals surface area contributed by atoms with Gasteiger partial charge in [-0.25, -0.2) is 0 Å². The van der Waals surface area contributed by atoms with E-state index in [0.717, 1.165) is 18.7 Å². The SMILES string of the molecule is CCC(C1=COC=NC1)c1ccccn1. The van der Waals surface area contributed by atoms with Crippen molar-refractivity contribution in [1.82, 2.24) is 4.98 Å². The van der Waals surface area contributed by atoms with E-state index in [2.05, 4.69) is 16.9 Å². The van der Waals surface area contributed by atoms with Crippen LogP contribution in [0.15, 0.2) is 41.2 Å². The second kappa shape index (κ2) is 4.73. The van der Waals surface area contributed by atoms with Crippen LogP contribution in [0.2, 0.25) is 0 Å². The van der Waals surface area contributed by atoms with Gasteiger partial charge in [-0.2, -0.15) is 0 Å². The average Bonchev–Trinajstić information content (AvgIpc) is 2.33. The normalized spacial score (nSPS) is 16.7. The van der Waals surface area contributed by atoms with Crippen LogP contribution in [0.4, 0.5) is 0 Å². The molecule has 2 heterocycles. The minimum absolute atomic E-state index is 0.323. The standard InChI is InChI=1S/C12H14N2O/c1-2-11(10-7-13-9-15-8-10)12-5-3-4-6-14-12/h3-6,8-9,11H,2,7H2,1H3. The van der Waals surface area contributed by atoms with Gasteiger partial charge in [0.1, 0.15) is 0 Å². The van der Waals surface area contributed by atoms with E-state index in [9.17, 15) is 0 Å². The van der Waals surface area contributed by atoms with Gasteiger partial charge in [-0.15, -0.1) is 0 Å². The Morgan fingerprint density at radius 3 is 3.00 bits per heavy atom. The van der Waals surface area contributed by atoms with E-state index >= 15 is 0 Å². The van der Waals surface area contributed by atoms with Crippen molar-refractivity contribution in [3.63, 3.8) is 0 Å². The van der Waals surface area contributed by atoms with E-state index in [1.807, 2.05) is 24.4 Å². The Kier molecular flexibility index (Phi) is 3.12. The molecule has 0 aromatic carbocycles. The highest BCUT2D eigenvalue weighted by atomic mass is 16.5. The first-order valence-electron chi connectivity index (χ1n) is 5.15. The summed E-state index contributed by atoms with van der Waals surface area (Å²) < 4.78 is 5.10. The summed E-state index contributed by atoms with van der Waals surface area (Å²) in [4.78, 5) is 8.49. The Bertz CT molecular complexity index is 370. The first kappa shape index (κ1) is 9.90. The molecule has 0 saturated carbocycles. The average molecular weight is 202 g/mol. The zero-order valence-corrected chi connectivity index (χ0v) is 8.76. The summed E-state index contributed by atoms with van der Waals surface area (Å²) in [5.74, 6) is 0.323. The van der Waals surface area contributed by atoms with Gasteiger partial charge in [0.2, 0.25) is 0 Å². The Hall–Kier alpha value is -1.64. The third kappa shape index (κ3) is 2.24. The van der Waals surface area contributed by atoms with Crippen LogP contribution in [-0.4, -0.2) is 17.9 Å². The van der Waals surface area contributed by atoms with Gasteiger partial charge in [-0.05, 0) is 24.1 Å². The molecule has 1 atom stereocenters. The Labute approximate surface area is 89.5 Å². The van der Waals surface area contributed by atoms with Gasteiger partial charge in [0, 0.05) is 17.8 Å². The van der Waals surface area contributed by atoms with E-state index in [0.29, 0.717) is 5.92 Å². The van der Waals surface area contributed by atoms with Gasteiger partial charge in [-0.3, -0.25) is 9.98 Å². The fourth-order valence-electron chi connectivity index (χ4n) is 1.78. The van der Waals surface area contributed by atoms with Gasteiger partial charge < -0.3 is 4.74 Å². The van der Waals surface area contributed by atoms with Crippen molar-refractivity contribution in [1.29, 1.82) is 0 Å². The van der Waals surface area contributed by atoms with Gasteiger partial charge in [0.25, 0.3) is 0 Å². The van der Waals surface area contributed by atoms with Crippen LogP contribution in [0.25, 0.3) is 0 Å². The molecule has 1 unspecified atom stereocenters. The quantitative estimate of drug-likeness (QED) is 0.754. The van der Waals surface area contributed by atoms with Gasteiger partial charge in [0.05, 0.1) is 12.8 Å². The van der Waals surface area contributed by atoms with Crippen LogP contribution in [-0.2, 0) is 4.74 Å². The minimum atomic E-state index is 0.323. The number of ether oxygens (including phenoxy) is 1. The summed E-state index contributed by atoms with van der Waals surface area (Å²) in [5, 5.41) is 0. The van der Waals surface area contributed by atoms with Crippen molar-refractivity contribution in [3.8, 4) is 0 Å².